The largest absolute Gasteiger partial charge is 0.395 e. The first-order valence-electron chi connectivity index (χ1n) is 7.79. The van der Waals surface area contributed by atoms with Crippen molar-refractivity contribution in [2.24, 2.45) is 0 Å². The van der Waals surface area contributed by atoms with E-state index in [1.54, 1.807) is 42.5 Å². The lowest BCUT2D eigenvalue weighted by molar-refractivity contribution is 0.104. The predicted molar refractivity (Wildman–Crippen MR) is 103 cm³/mol. The van der Waals surface area contributed by atoms with Gasteiger partial charge in [0.2, 0.25) is 0 Å². The number of aliphatic hydroxyl groups is 2. The fourth-order valence-electron chi connectivity index (χ4n) is 2.37. The third kappa shape index (κ3) is 5.58. The second-order valence-electron chi connectivity index (χ2n) is 5.35. The van der Waals surface area contributed by atoms with Gasteiger partial charge < -0.3 is 15.1 Å². The van der Waals surface area contributed by atoms with E-state index in [-0.39, 0.29) is 19.0 Å². The molecule has 0 saturated carbocycles. The van der Waals surface area contributed by atoms with Gasteiger partial charge in [0.05, 0.1) is 13.2 Å². The number of benzene rings is 2. The lowest BCUT2D eigenvalue weighted by Crippen LogP contribution is -2.29. The molecule has 25 heavy (non-hydrogen) atoms. The van der Waals surface area contributed by atoms with Crippen molar-refractivity contribution in [2.45, 2.75) is 0 Å². The van der Waals surface area contributed by atoms with Crippen LogP contribution in [0.25, 0.3) is 6.08 Å². The third-order valence-corrected chi connectivity index (χ3v) is 4.17. The van der Waals surface area contributed by atoms with Crippen LogP contribution in [0.2, 0.25) is 10.0 Å². The zero-order valence-corrected chi connectivity index (χ0v) is 15.0. The van der Waals surface area contributed by atoms with Crippen LogP contribution in [-0.2, 0) is 0 Å². The summed E-state index contributed by atoms with van der Waals surface area (Å²) in [6.45, 7) is 0.698. The molecular formula is C19H19Cl2NO3. The maximum atomic E-state index is 12.4. The van der Waals surface area contributed by atoms with Gasteiger partial charge in [0.1, 0.15) is 0 Å². The van der Waals surface area contributed by atoms with E-state index in [0.29, 0.717) is 34.3 Å². The summed E-state index contributed by atoms with van der Waals surface area (Å²) in [5, 5.41) is 19.3. The molecule has 132 valence electrons. The number of nitrogens with zero attached hydrogens (tertiary/aromatic N) is 1. The molecule has 0 radical (unpaired) electrons. The molecule has 0 unspecified atom stereocenters. The number of halogens is 2. The van der Waals surface area contributed by atoms with Gasteiger partial charge in [-0.2, -0.15) is 0 Å². The highest BCUT2D eigenvalue weighted by atomic mass is 35.5. The van der Waals surface area contributed by atoms with Gasteiger partial charge in [-0.1, -0.05) is 41.4 Å². The maximum Gasteiger partial charge on any atom is 0.185 e. The molecule has 0 fully saturated rings. The summed E-state index contributed by atoms with van der Waals surface area (Å²) in [4.78, 5) is 14.2. The second kappa shape index (κ2) is 9.59. The van der Waals surface area contributed by atoms with Crippen LogP contribution in [-0.4, -0.2) is 42.3 Å². The normalized spacial score (nSPS) is 11.0. The highest BCUT2D eigenvalue weighted by Gasteiger charge is 2.09. The summed E-state index contributed by atoms with van der Waals surface area (Å²) >= 11 is 12.0. The van der Waals surface area contributed by atoms with Crippen molar-refractivity contribution in [1.29, 1.82) is 0 Å². The molecule has 2 N–H and O–H groups in total. The summed E-state index contributed by atoms with van der Waals surface area (Å²) in [7, 11) is 0. The molecule has 0 aliphatic carbocycles. The van der Waals surface area contributed by atoms with Crippen LogP contribution in [0.15, 0.2) is 48.5 Å². The molecule has 0 amide bonds. The first-order chi connectivity index (χ1) is 12.0. The van der Waals surface area contributed by atoms with Crippen LogP contribution in [0, 0.1) is 0 Å². The van der Waals surface area contributed by atoms with Crippen molar-refractivity contribution in [2.75, 3.05) is 31.2 Å². The molecule has 0 bridgehead atoms. The van der Waals surface area contributed by atoms with E-state index in [4.69, 9.17) is 33.4 Å². The Kier molecular flexibility index (Phi) is 7.47. The summed E-state index contributed by atoms with van der Waals surface area (Å²) in [6.07, 6.45) is 3.10. The predicted octanol–water partition coefficient (Wildman–Crippen LogP) is 3.68. The molecule has 0 aromatic heterocycles. The first kappa shape index (κ1) is 19.5. The van der Waals surface area contributed by atoms with Gasteiger partial charge in [-0.25, -0.2) is 0 Å². The fraction of sp³-hybridized carbons (Fsp3) is 0.211. The number of aliphatic hydroxyl groups excluding tert-OH is 2. The van der Waals surface area contributed by atoms with Crippen molar-refractivity contribution < 1.29 is 15.0 Å². The SMILES string of the molecule is O=C(/C=C/c1ccc(Cl)cc1Cl)c1cccc(N(CCO)CCO)c1. The van der Waals surface area contributed by atoms with Crippen molar-refractivity contribution in [3.8, 4) is 0 Å². The minimum absolute atomic E-state index is 0.0346. The number of ketones is 1. The van der Waals surface area contributed by atoms with Gasteiger partial charge in [-0.05, 0) is 42.0 Å². The number of allylic oxidation sites excluding steroid dienone is 1. The van der Waals surface area contributed by atoms with Gasteiger partial charge >= 0.3 is 0 Å². The van der Waals surface area contributed by atoms with E-state index in [1.165, 1.54) is 6.08 Å². The van der Waals surface area contributed by atoms with E-state index < -0.39 is 0 Å². The van der Waals surface area contributed by atoms with E-state index in [1.807, 2.05) is 11.0 Å². The summed E-state index contributed by atoms with van der Waals surface area (Å²) < 4.78 is 0. The average Bonchev–Trinajstić information content (AvgIpc) is 2.60. The monoisotopic (exact) mass is 379 g/mol. The smallest absolute Gasteiger partial charge is 0.185 e. The average molecular weight is 380 g/mol. The third-order valence-electron chi connectivity index (χ3n) is 3.61. The lowest BCUT2D eigenvalue weighted by Gasteiger charge is -2.23. The molecule has 4 nitrogen and oxygen atoms in total. The highest BCUT2D eigenvalue weighted by molar-refractivity contribution is 6.35. The number of rotatable bonds is 8. The number of carbonyl (C=O) groups is 1. The number of anilines is 1. The second-order valence-corrected chi connectivity index (χ2v) is 6.19. The summed E-state index contributed by atoms with van der Waals surface area (Å²) in [5.74, 6) is -0.166. The van der Waals surface area contributed by atoms with Crippen LogP contribution in [0.1, 0.15) is 15.9 Å². The standard InChI is InChI=1S/C19H19Cl2NO3/c20-16-6-4-14(18(21)13-16)5-7-19(25)15-2-1-3-17(12-15)22(8-10-23)9-11-24/h1-7,12-13,23-24H,8-11H2/b7-5+. The van der Waals surface area contributed by atoms with E-state index in [9.17, 15) is 4.79 Å². The Hall–Kier alpha value is -1.85. The maximum absolute atomic E-state index is 12.4. The number of hydrogen-bond acceptors (Lipinski definition) is 4. The van der Waals surface area contributed by atoms with Crippen molar-refractivity contribution in [3.63, 3.8) is 0 Å². The molecular weight excluding hydrogens is 361 g/mol. The van der Waals surface area contributed by atoms with Crippen LogP contribution >= 0.6 is 23.2 Å². The fourth-order valence-corrected chi connectivity index (χ4v) is 2.84. The Bertz CT molecular complexity index is 756. The topological polar surface area (TPSA) is 60.8 Å². The quantitative estimate of drug-likeness (QED) is 0.542. The van der Waals surface area contributed by atoms with Gasteiger partial charge in [-0.3, -0.25) is 4.79 Å². The Labute approximate surface area is 156 Å². The van der Waals surface area contributed by atoms with Crippen molar-refractivity contribution in [3.05, 3.63) is 69.7 Å². The molecule has 0 aliphatic rings. The van der Waals surface area contributed by atoms with Crippen molar-refractivity contribution >= 4 is 40.7 Å². The Morgan fingerprint density at radius 3 is 2.40 bits per heavy atom. The highest BCUT2D eigenvalue weighted by Crippen LogP contribution is 2.22. The van der Waals surface area contributed by atoms with Crippen molar-refractivity contribution in [1.82, 2.24) is 0 Å². The van der Waals surface area contributed by atoms with Gasteiger partial charge in [-0.15, -0.1) is 0 Å². The Morgan fingerprint density at radius 2 is 1.76 bits per heavy atom. The van der Waals surface area contributed by atoms with Crippen LogP contribution < -0.4 is 4.90 Å². The van der Waals surface area contributed by atoms with Crippen LogP contribution in [0.5, 0.6) is 0 Å². The molecule has 0 spiro atoms. The Balaban J connectivity index is 2.19. The molecule has 2 rings (SSSR count). The minimum Gasteiger partial charge on any atom is -0.395 e. The van der Waals surface area contributed by atoms with Gasteiger partial charge in [0.25, 0.3) is 0 Å². The number of carbonyl (C=O) groups excluding carboxylic acids is 1. The zero-order chi connectivity index (χ0) is 18.2. The molecule has 2 aromatic rings. The van der Waals surface area contributed by atoms with Crippen LogP contribution in [0.3, 0.4) is 0 Å². The molecule has 0 heterocycles. The Morgan fingerprint density at radius 1 is 1.04 bits per heavy atom. The van der Waals surface area contributed by atoms with E-state index in [0.717, 1.165) is 5.69 Å². The first-order valence-corrected chi connectivity index (χ1v) is 8.55. The van der Waals surface area contributed by atoms with Gasteiger partial charge in [0.15, 0.2) is 5.78 Å². The minimum atomic E-state index is -0.166. The molecule has 0 aliphatic heterocycles. The summed E-state index contributed by atoms with van der Waals surface area (Å²) in [5.41, 5.74) is 1.99. The zero-order valence-electron chi connectivity index (χ0n) is 13.5. The summed E-state index contributed by atoms with van der Waals surface area (Å²) in [6, 6.07) is 12.1. The molecule has 0 atom stereocenters. The molecule has 2 aromatic carbocycles. The van der Waals surface area contributed by atoms with E-state index in [2.05, 4.69) is 0 Å². The van der Waals surface area contributed by atoms with Gasteiger partial charge in [0, 0.05) is 34.4 Å². The van der Waals surface area contributed by atoms with Crippen LogP contribution in [0.4, 0.5) is 5.69 Å². The molecule has 6 heteroatoms. The lowest BCUT2D eigenvalue weighted by atomic mass is 10.1. The van der Waals surface area contributed by atoms with E-state index >= 15 is 0 Å². The molecule has 0 saturated heterocycles. The number of hydrogen-bond donors (Lipinski definition) is 2.